The Hall–Kier alpha value is -7.26. The summed E-state index contributed by atoms with van der Waals surface area (Å²) in [5, 5.41) is 60.5. The van der Waals surface area contributed by atoms with Gasteiger partial charge < -0.3 is 9.47 Å². The highest BCUT2D eigenvalue weighted by Gasteiger charge is 2.49. The van der Waals surface area contributed by atoms with Gasteiger partial charge in [-0.3, -0.25) is 0 Å². The number of rotatable bonds is 4. The normalized spacial score (nSPS) is 13.2. The Balaban J connectivity index is 2.20. The van der Waals surface area contributed by atoms with Gasteiger partial charge in [0.15, 0.2) is 0 Å². The summed E-state index contributed by atoms with van der Waals surface area (Å²) in [5.74, 6) is -2.73. The summed E-state index contributed by atoms with van der Waals surface area (Å²) >= 11 is 0. The molecule has 0 aliphatic heterocycles. The van der Waals surface area contributed by atoms with Gasteiger partial charge in [-0.1, -0.05) is 60.7 Å². The van der Waals surface area contributed by atoms with E-state index in [4.69, 9.17) is 0 Å². The molecule has 3 aromatic rings. The molecule has 2 aliphatic carbocycles. The molecule has 0 unspecified atom stereocenters. The van der Waals surface area contributed by atoms with Crippen LogP contribution in [0.15, 0.2) is 71.8 Å². The SMILES string of the molecule is N#CC(C#N)=C1C(c2ccccc2)=C(C#N)c2c(OC(F)(F)F)c3c(c(OC(F)(F)F)c21)C(=C(C#N)C#N)C(c1ccccc1)=C3C#N. The Morgan fingerprint density at radius 1 is 0.479 bits per heavy atom. The van der Waals surface area contributed by atoms with Gasteiger partial charge in [-0.15, -0.1) is 26.3 Å². The highest BCUT2D eigenvalue weighted by Crippen LogP contribution is 2.63. The number of alkyl halides is 6. The van der Waals surface area contributed by atoms with E-state index in [1.807, 2.05) is 0 Å². The average Bonchev–Trinajstić information content (AvgIpc) is 3.58. The summed E-state index contributed by atoms with van der Waals surface area (Å²) in [6.07, 6.45) is -11.2. The predicted octanol–water partition coefficient (Wildman–Crippen LogP) is 7.98. The molecule has 0 spiro atoms. The summed E-state index contributed by atoms with van der Waals surface area (Å²) in [6, 6.07) is 23.4. The molecule has 230 valence electrons. The molecular weight excluding hydrogens is 638 g/mol. The predicted molar refractivity (Wildman–Crippen MR) is 154 cm³/mol. The van der Waals surface area contributed by atoms with E-state index in [9.17, 15) is 57.9 Å². The maximum Gasteiger partial charge on any atom is 0.573 e. The van der Waals surface area contributed by atoms with E-state index in [1.54, 1.807) is 12.1 Å². The first-order chi connectivity index (χ1) is 22.8. The van der Waals surface area contributed by atoms with Crippen LogP contribution < -0.4 is 9.47 Å². The number of hydrogen-bond donors (Lipinski definition) is 0. The maximum atomic E-state index is 14.3. The third-order valence-electron chi connectivity index (χ3n) is 7.14. The fraction of sp³-hybridized carbons (Fsp3) is 0.0588. The lowest BCUT2D eigenvalue weighted by molar-refractivity contribution is -0.277. The van der Waals surface area contributed by atoms with Crippen LogP contribution in [0.2, 0.25) is 0 Å². The highest BCUT2D eigenvalue weighted by atomic mass is 19.4. The van der Waals surface area contributed by atoms with Crippen molar-refractivity contribution >= 4 is 33.4 Å². The molecule has 0 amide bonds. The first-order valence-corrected chi connectivity index (χ1v) is 13.1. The first kappa shape index (κ1) is 32.1. The number of allylic oxidation sites excluding steroid dienone is 8. The molecule has 14 heteroatoms. The van der Waals surface area contributed by atoms with Crippen LogP contribution in [-0.2, 0) is 0 Å². The molecule has 0 N–H and O–H groups in total. The molecule has 48 heavy (non-hydrogen) atoms. The standard InChI is InChI=1S/C34H10F6N6O2/c35-33(36,37)47-31-27-21(15-45)23(17-7-3-1-4-8-17)25(19(11-41)12-42)29(27)32(48-34(38,39)40)30-26(20(13-43)14-44)24(22(16-46)28(30)31)18-9-5-2-6-10-18/h1-10H. The molecular formula is C34H10F6N6O2. The Labute approximate surface area is 266 Å². The van der Waals surface area contributed by atoms with Crippen LogP contribution in [0.3, 0.4) is 0 Å². The minimum atomic E-state index is -5.63. The second kappa shape index (κ2) is 11.9. The van der Waals surface area contributed by atoms with Gasteiger partial charge in [0.2, 0.25) is 0 Å². The van der Waals surface area contributed by atoms with Crippen molar-refractivity contribution in [1.29, 1.82) is 31.6 Å². The van der Waals surface area contributed by atoms with Gasteiger partial charge in [0.25, 0.3) is 0 Å². The fourth-order valence-corrected chi connectivity index (χ4v) is 5.63. The smallest absolute Gasteiger partial charge is 0.404 e. The third kappa shape index (κ3) is 5.23. The van der Waals surface area contributed by atoms with Gasteiger partial charge in [0.05, 0.1) is 11.1 Å². The number of fused-ring (bicyclic) bond motifs is 2. The van der Waals surface area contributed by atoms with Gasteiger partial charge in [0.1, 0.15) is 59.1 Å². The van der Waals surface area contributed by atoms with E-state index < -0.39 is 91.1 Å². The van der Waals surface area contributed by atoms with Crippen LogP contribution in [0.5, 0.6) is 11.5 Å². The average molecular weight is 648 g/mol. The van der Waals surface area contributed by atoms with Crippen molar-refractivity contribution in [3.63, 3.8) is 0 Å². The Kier molecular flexibility index (Phi) is 7.98. The molecule has 0 bridgehead atoms. The summed E-state index contributed by atoms with van der Waals surface area (Å²) < 4.78 is 94.7. The summed E-state index contributed by atoms with van der Waals surface area (Å²) in [4.78, 5) is 0. The molecule has 5 rings (SSSR count). The van der Waals surface area contributed by atoms with E-state index >= 15 is 0 Å². The van der Waals surface area contributed by atoms with Crippen molar-refractivity contribution < 1.29 is 35.8 Å². The molecule has 8 nitrogen and oxygen atoms in total. The highest BCUT2D eigenvalue weighted by molar-refractivity contribution is 6.32. The minimum absolute atomic E-state index is 0.00542. The van der Waals surface area contributed by atoms with Crippen molar-refractivity contribution in [1.82, 2.24) is 0 Å². The molecule has 0 aromatic heterocycles. The summed E-state index contributed by atoms with van der Waals surface area (Å²) in [6.45, 7) is 0. The second-order valence-corrected chi connectivity index (χ2v) is 9.66. The Morgan fingerprint density at radius 2 is 0.792 bits per heavy atom. The van der Waals surface area contributed by atoms with Crippen LogP contribution in [0.25, 0.3) is 33.4 Å². The summed E-state index contributed by atoms with van der Waals surface area (Å²) in [5.41, 5.74) is -9.51. The molecule has 0 radical (unpaired) electrons. The van der Waals surface area contributed by atoms with Gasteiger partial charge in [0, 0.05) is 44.5 Å². The van der Waals surface area contributed by atoms with Crippen molar-refractivity contribution in [2.75, 3.05) is 0 Å². The second-order valence-electron chi connectivity index (χ2n) is 9.66. The summed E-state index contributed by atoms with van der Waals surface area (Å²) in [7, 11) is 0. The fourth-order valence-electron chi connectivity index (χ4n) is 5.63. The zero-order valence-corrected chi connectivity index (χ0v) is 23.5. The van der Waals surface area contributed by atoms with Crippen molar-refractivity contribution in [3.05, 3.63) is 105 Å². The van der Waals surface area contributed by atoms with E-state index in [-0.39, 0.29) is 11.1 Å². The molecule has 0 saturated heterocycles. The lowest BCUT2D eigenvalue weighted by Gasteiger charge is -2.23. The number of halogens is 6. The number of nitriles is 6. The van der Waals surface area contributed by atoms with Crippen molar-refractivity contribution in [2.45, 2.75) is 12.7 Å². The molecule has 2 aliphatic rings. The number of hydrogen-bond acceptors (Lipinski definition) is 8. The number of benzene rings is 3. The monoisotopic (exact) mass is 648 g/mol. The Bertz CT molecular complexity index is 2130. The molecule has 0 saturated carbocycles. The Morgan fingerprint density at radius 3 is 1.06 bits per heavy atom. The lowest BCUT2D eigenvalue weighted by Crippen LogP contribution is -2.22. The number of nitrogens with zero attached hydrogens (tertiary/aromatic N) is 6. The van der Waals surface area contributed by atoms with E-state index in [1.165, 1.54) is 84.9 Å². The minimum Gasteiger partial charge on any atom is -0.404 e. The van der Waals surface area contributed by atoms with Gasteiger partial charge in [-0.2, -0.15) is 31.6 Å². The first-order valence-electron chi connectivity index (χ1n) is 13.1. The largest absolute Gasteiger partial charge is 0.573 e. The van der Waals surface area contributed by atoms with Gasteiger partial charge >= 0.3 is 12.7 Å². The molecule has 0 atom stereocenters. The van der Waals surface area contributed by atoms with Crippen LogP contribution in [0, 0.1) is 68.0 Å². The quantitative estimate of drug-likeness (QED) is 0.203. The van der Waals surface area contributed by atoms with Crippen LogP contribution >= 0.6 is 0 Å². The number of ether oxygens (including phenoxy) is 2. The maximum absolute atomic E-state index is 14.3. The van der Waals surface area contributed by atoms with E-state index in [2.05, 4.69) is 9.47 Å². The third-order valence-corrected chi connectivity index (χ3v) is 7.14. The van der Waals surface area contributed by atoms with Crippen molar-refractivity contribution in [2.24, 2.45) is 0 Å². The van der Waals surface area contributed by atoms with Gasteiger partial charge in [-0.05, 0) is 11.1 Å². The van der Waals surface area contributed by atoms with Crippen LogP contribution in [0.4, 0.5) is 26.3 Å². The molecule has 0 fully saturated rings. The molecule has 0 heterocycles. The zero-order valence-electron chi connectivity index (χ0n) is 23.5. The van der Waals surface area contributed by atoms with E-state index in [0.717, 1.165) is 0 Å². The van der Waals surface area contributed by atoms with E-state index in [0.29, 0.717) is 0 Å². The van der Waals surface area contributed by atoms with Gasteiger partial charge in [-0.25, -0.2) is 0 Å². The van der Waals surface area contributed by atoms with Crippen molar-refractivity contribution in [3.8, 4) is 47.9 Å². The lowest BCUT2D eigenvalue weighted by atomic mass is 9.87. The van der Waals surface area contributed by atoms with Crippen LogP contribution in [0.1, 0.15) is 33.4 Å². The van der Waals surface area contributed by atoms with Crippen LogP contribution in [-0.4, -0.2) is 12.7 Å². The molecule has 3 aromatic carbocycles. The zero-order chi connectivity index (χ0) is 35.0. The topological polar surface area (TPSA) is 161 Å².